The average molecular weight is 263 g/mol. The molecule has 1 fully saturated rings. The van der Waals surface area contributed by atoms with Crippen molar-refractivity contribution in [3.63, 3.8) is 0 Å². The molecule has 0 aromatic heterocycles. The number of hydrogen-bond acceptors (Lipinski definition) is 4. The maximum atomic E-state index is 11.8. The second-order valence-electron chi connectivity index (χ2n) is 4.69. The molecule has 0 atom stereocenters. The number of nitrogens with two attached hydrogens (primary N) is 1. The van der Waals surface area contributed by atoms with Gasteiger partial charge in [-0.3, -0.25) is 5.41 Å². The molecule has 0 aliphatic carbocycles. The van der Waals surface area contributed by atoms with Gasteiger partial charge in [-0.25, -0.2) is 0 Å². The Hall–Kier alpha value is -0.700. The van der Waals surface area contributed by atoms with Gasteiger partial charge in [-0.1, -0.05) is 0 Å². The van der Waals surface area contributed by atoms with Gasteiger partial charge in [-0.15, -0.1) is 0 Å². The van der Waals surface area contributed by atoms with E-state index in [4.69, 9.17) is 11.1 Å². The van der Waals surface area contributed by atoms with Crippen molar-refractivity contribution >= 4 is 16.0 Å². The Bertz CT molecular complexity index is 384. The second-order valence-corrected chi connectivity index (χ2v) is 6.57. The summed E-state index contributed by atoms with van der Waals surface area (Å²) in [7, 11) is 1.29. The fraction of sp³-hybridized carbons (Fsp3) is 0.889. The van der Waals surface area contributed by atoms with E-state index in [9.17, 15) is 8.42 Å². The highest BCUT2D eigenvalue weighted by atomic mass is 32.2. The van der Waals surface area contributed by atoms with E-state index in [0.717, 1.165) is 17.4 Å². The van der Waals surface area contributed by atoms with Crippen molar-refractivity contribution in [2.24, 2.45) is 5.73 Å². The van der Waals surface area contributed by atoms with Gasteiger partial charge < -0.3 is 10.6 Å². The molecule has 100 valence electrons. The molecule has 7 nitrogen and oxygen atoms in total. The van der Waals surface area contributed by atoms with E-state index in [2.05, 4.69) is 9.62 Å². The monoisotopic (exact) mass is 263 g/mol. The number of nitrogens with zero attached hydrogens (tertiary/aromatic N) is 2. The molecule has 0 saturated carbocycles. The number of nitrogens with one attached hydrogen (secondary N) is 2. The summed E-state index contributed by atoms with van der Waals surface area (Å²) < 4.78 is 27.3. The fourth-order valence-corrected chi connectivity index (χ4v) is 2.76. The van der Waals surface area contributed by atoms with Gasteiger partial charge in [0.15, 0.2) is 0 Å². The van der Waals surface area contributed by atoms with Crippen molar-refractivity contribution in [1.29, 1.82) is 5.41 Å². The van der Waals surface area contributed by atoms with Crippen LogP contribution in [-0.2, 0) is 10.2 Å². The largest absolute Gasteiger partial charge is 0.386 e. The Labute approximate surface area is 103 Å². The highest BCUT2D eigenvalue weighted by Gasteiger charge is 2.40. The molecule has 8 heteroatoms. The first-order chi connectivity index (χ1) is 7.69. The first kappa shape index (κ1) is 14.4. The van der Waals surface area contributed by atoms with Crippen molar-refractivity contribution in [1.82, 2.24) is 13.9 Å². The third-order valence-corrected chi connectivity index (χ3v) is 4.77. The summed E-state index contributed by atoms with van der Waals surface area (Å²) in [6.45, 7) is 1.44. The number of amidine groups is 1. The van der Waals surface area contributed by atoms with Crippen LogP contribution in [0.2, 0.25) is 0 Å². The van der Waals surface area contributed by atoms with Gasteiger partial charge in [0.05, 0.1) is 5.54 Å². The molecule has 0 aromatic carbocycles. The smallest absolute Gasteiger partial charge is 0.279 e. The molecule has 1 rings (SSSR count). The van der Waals surface area contributed by atoms with Crippen LogP contribution in [0.4, 0.5) is 0 Å². The minimum atomic E-state index is -3.57. The van der Waals surface area contributed by atoms with E-state index >= 15 is 0 Å². The lowest BCUT2D eigenvalue weighted by Crippen LogP contribution is -2.63. The number of piperidine rings is 1. The average Bonchev–Trinajstić information content (AvgIpc) is 2.21. The summed E-state index contributed by atoms with van der Waals surface area (Å²) in [5.41, 5.74) is 4.64. The van der Waals surface area contributed by atoms with E-state index in [1.54, 1.807) is 0 Å². The summed E-state index contributed by atoms with van der Waals surface area (Å²) in [6, 6.07) is 0. The third-order valence-electron chi connectivity index (χ3n) is 3.16. The molecule has 0 amide bonds. The number of likely N-dealkylation sites (tertiary alicyclic amines) is 1. The van der Waals surface area contributed by atoms with Crippen molar-refractivity contribution in [2.45, 2.75) is 18.4 Å². The summed E-state index contributed by atoms with van der Waals surface area (Å²) in [4.78, 5) is 2.09. The minimum absolute atomic E-state index is 0.115. The lowest BCUT2D eigenvalue weighted by atomic mass is 9.88. The highest BCUT2D eigenvalue weighted by molar-refractivity contribution is 7.87. The lowest BCUT2D eigenvalue weighted by Gasteiger charge is -2.40. The molecular weight excluding hydrogens is 242 g/mol. The van der Waals surface area contributed by atoms with Crippen LogP contribution in [0.3, 0.4) is 0 Å². The summed E-state index contributed by atoms with van der Waals surface area (Å²) >= 11 is 0. The Morgan fingerprint density at radius 3 is 2.24 bits per heavy atom. The van der Waals surface area contributed by atoms with E-state index in [-0.39, 0.29) is 5.84 Å². The quantitative estimate of drug-likeness (QED) is 0.437. The molecule has 0 radical (unpaired) electrons. The van der Waals surface area contributed by atoms with Crippen LogP contribution in [0.25, 0.3) is 0 Å². The van der Waals surface area contributed by atoms with E-state index in [1.165, 1.54) is 14.1 Å². The first-order valence-electron chi connectivity index (χ1n) is 5.44. The Balaban J connectivity index is 2.92. The van der Waals surface area contributed by atoms with Gasteiger partial charge in [0.1, 0.15) is 5.84 Å². The summed E-state index contributed by atoms with van der Waals surface area (Å²) in [6.07, 6.45) is 1.04. The predicted molar refractivity (Wildman–Crippen MR) is 67.1 cm³/mol. The van der Waals surface area contributed by atoms with Gasteiger partial charge in [-0.05, 0) is 19.9 Å². The van der Waals surface area contributed by atoms with Crippen molar-refractivity contribution in [2.75, 3.05) is 34.2 Å². The van der Waals surface area contributed by atoms with Gasteiger partial charge in [0, 0.05) is 27.2 Å². The van der Waals surface area contributed by atoms with Crippen molar-refractivity contribution < 1.29 is 8.42 Å². The molecular formula is C9H21N5O2S. The zero-order chi connectivity index (χ0) is 13.3. The molecule has 1 heterocycles. The van der Waals surface area contributed by atoms with E-state index in [0.29, 0.717) is 12.8 Å². The van der Waals surface area contributed by atoms with Gasteiger partial charge >= 0.3 is 0 Å². The van der Waals surface area contributed by atoms with Crippen molar-refractivity contribution in [3.8, 4) is 0 Å². The number of hydrogen-bond donors (Lipinski definition) is 3. The zero-order valence-corrected chi connectivity index (χ0v) is 11.3. The highest BCUT2D eigenvalue weighted by Crippen LogP contribution is 2.22. The number of rotatable bonds is 4. The van der Waals surface area contributed by atoms with Crippen LogP contribution >= 0.6 is 0 Å². The molecule has 1 aliphatic rings. The SMILES string of the molecule is CN1CCC(NS(=O)(=O)N(C)C)(C(=N)N)CC1. The molecule has 17 heavy (non-hydrogen) atoms. The van der Waals surface area contributed by atoms with Crippen LogP contribution in [0, 0.1) is 5.41 Å². The third kappa shape index (κ3) is 3.15. The Kier molecular flexibility index (Phi) is 4.13. The standard InChI is InChI=1S/C9H21N5O2S/c1-13(2)17(15,16)12-9(8(10)11)4-6-14(3)7-5-9/h12H,4-7H2,1-3H3,(H3,10,11). The van der Waals surface area contributed by atoms with Crippen LogP contribution in [0.5, 0.6) is 0 Å². The molecule has 0 unspecified atom stereocenters. The van der Waals surface area contributed by atoms with Crippen LogP contribution in [-0.4, -0.2) is 63.2 Å². The normalized spacial score (nSPS) is 21.6. The second kappa shape index (κ2) is 4.89. The Morgan fingerprint density at radius 1 is 1.41 bits per heavy atom. The molecule has 1 aliphatic heterocycles. The summed E-state index contributed by atoms with van der Waals surface area (Å²) in [5, 5.41) is 7.64. The summed E-state index contributed by atoms with van der Waals surface area (Å²) in [5.74, 6) is -0.115. The predicted octanol–water partition coefficient (Wildman–Crippen LogP) is -1.22. The lowest BCUT2D eigenvalue weighted by molar-refractivity contribution is 0.217. The molecule has 0 spiro atoms. The van der Waals surface area contributed by atoms with Crippen LogP contribution in [0.15, 0.2) is 0 Å². The molecule has 4 N–H and O–H groups in total. The Morgan fingerprint density at radius 2 is 1.88 bits per heavy atom. The first-order valence-corrected chi connectivity index (χ1v) is 6.88. The molecule has 0 bridgehead atoms. The maximum Gasteiger partial charge on any atom is 0.279 e. The van der Waals surface area contributed by atoms with Crippen LogP contribution < -0.4 is 10.5 Å². The van der Waals surface area contributed by atoms with Gasteiger partial charge in [-0.2, -0.15) is 17.4 Å². The van der Waals surface area contributed by atoms with E-state index < -0.39 is 15.7 Å². The van der Waals surface area contributed by atoms with Crippen molar-refractivity contribution in [3.05, 3.63) is 0 Å². The molecule has 0 aromatic rings. The van der Waals surface area contributed by atoms with E-state index in [1.807, 2.05) is 7.05 Å². The van der Waals surface area contributed by atoms with Gasteiger partial charge in [0.25, 0.3) is 10.2 Å². The fourth-order valence-electron chi connectivity index (χ4n) is 1.76. The topological polar surface area (TPSA) is 103 Å². The van der Waals surface area contributed by atoms with Gasteiger partial charge in [0.2, 0.25) is 0 Å². The maximum absolute atomic E-state index is 11.8. The van der Waals surface area contributed by atoms with Crippen LogP contribution in [0.1, 0.15) is 12.8 Å². The molecule has 1 saturated heterocycles. The zero-order valence-electron chi connectivity index (χ0n) is 10.5. The minimum Gasteiger partial charge on any atom is -0.386 e.